The summed E-state index contributed by atoms with van der Waals surface area (Å²) in [6.07, 6.45) is 2.48. The number of rotatable bonds is 5. The molecule has 1 aromatic heterocycles. The zero-order valence-corrected chi connectivity index (χ0v) is 10.9. The predicted molar refractivity (Wildman–Crippen MR) is 75.7 cm³/mol. The third-order valence-corrected chi connectivity index (χ3v) is 3.03. The van der Waals surface area contributed by atoms with E-state index in [2.05, 4.69) is 4.98 Å². The smallest absolute Gasteiger partial charge is 0.150 e. The Hall–Kier alpha value is -1.88. The van der Waals surface area contributed by atoms with Crippen LogP contribution >= 0.6 is 0 Å². The first kappa shape index (κ1) is 13.5. The summed E-state index contributed by atoms with van der Waals surface area (Å²) in [4.78, 5) is 6.05. The number of nitrogens with zero attached hydrogens (tertiary/aromatic N) is 2. The van der Waals surface area contributed by atoms with Gasteiger partial charge in [-0.3, -0.25) is 4.98 Å². The minimum atomic E-state index is -0.398. The van der Waals surface area contributed by atoms with Crippen LogP contribution in [0, 0.1) is 5.82 Å². The highest BCUT2D eigenvalue weighted by molar-refractivity contribution is 5.98. The molecule has 3 N–H and O–H groups in total. The average molecular weight is 263 g/mol. The number of aliphatic hydroxyl groups is 1. The highest BCUT2D eigenvalue weighted by Gasteiger charge is 2.17. The fourth-order valence-corrected chi connectivity index (χ4v) is 2.25. The van der Waals surface area contributed by atoms with Crippen LogP contribution in [0.1, 0.15) is 13.3 Å². The normalized spacial score (nSPS) is 10.9. The average Bonchev–Trinajstić information content (AvgIpc) is 2.39. The largest absolute Gasteiger partial charge is 0.398 e. The monoisotopic (exact) mass is 263 g/mol. The van der Waals surface area contributed by atoms with Gasteiger partial charge in [0.1, 0.15) is 0 Å². The molecular weight excluding hydrogens is 245 g/mol. The van der Waals surface area contributed by atoms with E-state index in [1.165, 1.54) is 6.07 Å². The Balaban J connectivity index is 2.63. The molecule has 0 aliphatic carbocycles. The van der Waals surface area contributed by atoms with Crippen LogP contribution in [0.4, 0.5) is 15.8 Å². The molecule has 0 saturated heterocycles. The van der Waals surface area contributed by atoms with Crippen molar-refractivity contribution < 1.29 is 9.50 Å². The molecule has 0 unspecified atom stereocenters. The minimum absolute atomic E-state index is 0.0296. The number of aromatic nitrogens is 1. The maximum absolute atomic E-state index is 14.2. The number of fused-ring (bicyclic) bond motifs is 1. The minimum Gasteiger partial charge on any atom is -0.398 e. The second-order valence-electron chi connectivity index (χ2n) is 4.41. The Kier molecular flexibility index (Phi) is 4.16. The van der Waals surface area contributed by atoms with E-state index in [1.54, 1.807) is 12.3 Å². The number of benzene rings is 1. The number of pyridine rings is 1. The second-order valence-corrected chi connectivity index (χ2v) is 4.41. The summed E-state index contributed by atoms with van der Waals surface area (Å²) in [6.45, 7) is 3.01. The van der Waals surface area contributed by atoms with E-state index < -0.39 is 5.82 Å². The lowest BCUT2D eigenvalue weighted by molar-refractivity contribution is 0.301. The van der Waals surface area contributed by atoms with Crippen LogP contribution in [0.2, 0.25) is 0 Å². The predicted octanol–water partition coefficient (Wildman–Crippen LogP) is 2.16. The van der Waals surface area contributed by atoms with E-state index in [0.717, 1.165) is 11.8 Å². The van der Waals surface area contributed by atoms with Gasteiger partial charge in [0.05, 0.1) is 17.8 Å². The van der Waals surface area contributed by atoms with Crippen molar-refractivity contribution >= 4 is 22.3 Å². The molecule has 0 amide bonds. The Morgan fingerprint density at radius 1 is 1.42 bits per heavy atom. The van der Waals surface area contributed by atoms with Gasteiger partial charge in [0.15, 0.2) is 5.82 Å². The zero-order chi connectivity index (χ0) is 13.8. The van der Waals surface area contributed by atoms with Crippen molar-refractivity contribution in [1.82, 2.24) is 4.98 Å². The number of aliphatic hydroxyl groups excluding tert-OH is 1. The first-order valence-corrected chi connectivity index (χ1v) is 6.37. The van der Waals surface area contributed by atoms with E-state index in [-0.39, 0.29) is 6.61 Å². The van der Waals surface area contributed by atoms with Crippen molar-refractivity contribution in [2.45, 2.75) is 13.3 Å². The lowest BCUT2D eigenvalue weighted by atomic mass is 10.1. The van der Waals surface area contributed by atoms with Crippen LogP contribution in [0.25, 0.3) is 10.9 Å². The first-order chi connectivity index (χ1) is 9.19. The highest BCUT2D eigenvalue weighted by atomic mass is 19.1. The molecule has 0 aliphatic rings. The molecule has 0 radical (unpaired) electrons. The highest BCUT2D eigenvalue weighted by Crippen LogP contribution is 2.32. The summed E-state index contributed by atoms with van der Waals surface area (Å²) in [7, 11) is 0. The lowest BCUT2D eigenvalue weighted by Gasteiger charge is -2.25. The molecule has 0 saturated carbocycles. The Morgan fingerprint density at radius 3 is 2.89 bits per heavy atom. The molecule has 0 atom stereocenters. The van der Waals surface area contributed by atoms with Crippen molar-refractivity contribution in [3.8, 4) is 0 Å². The first-order valence-electron chi connectivity index (χ1n) is 6.37. The van der Waals surface area contributed by atoms with Crippen LogP contribution in [0.15, 0.2) is 24.4 Å². The van der Waals surface area contributed by atoms with Gasteiger partial charge in [-0.15, -0.1) is 0 Å². The number of nitrogens with two attached hydrogens (primary N) is 1. The molecule has 2 rings (SSSR count). The van der Waals surface area contributed by atoms with Gasteiger partial charge in [-0.2, -0.15) is 0 Å². The molecule has 5 heteroatoms. The third kappa shape index (κ3) is 2.61. The molecule has 0 fully saturated rings. The Morgan fingerprint density at radius 2 is 2.21 bits per heavy atom. The molecule has 1 aromatic carbocycles. The number of anilines is 2. The van der Waals surface area contributed by atoms with Gasteiger partial charge in [-0.05, 0) is 24.6 Å². The zero-order valence-electron chi connectivity index (χ0n) is 10.9. The van der Waals surface area contributed by atoms with Gasteiger partial charge < -0.3 is 15.7 Å². The van der Waals surface area contributed by atoms with Crippen LogP contribution in [0.3, 0.4) is 0 Å². The summed E-state index contributed by atoms with van der Waals surface area (Å²) in [5, 5.41) is 9.87. The maximum Gasteiger partial charge on any atom is 0.150 e. The summed E-state index contributed by atoms with van der Waals surface area (Å²) in [5.41, 5.74) is 7.17. The second kappa shape index (κ2) is 5.84. The van der Waals surface area contributed by atoms with Crippen molar-refractivity contribution in [3.05, 3.63) is 30.2 Å². The topological polar surface area (TPSA) is 62.4 Å². The summed E-state index contributed by atoms with van der Waals surface area (Å²) in [5.74, 6) is -0.398. The van der Waals surface area contributed by atoms with E-state index in [4.69, 9.17) is 10.8 Å². The molecule has 0 bridgehead atoms. The summed E-state index contributed by atoms with van der Waals surface area (Å²) >= 11 is 0. The van der Waals surface area contributed by atoms with Crippen LogP contribution < -0.4 is 10.6 Å². The van der Waals surface area contributed by atoms with Gasteiger partial charge in [0, 0.05) is 30.4 Å². The molecule has 1 heterocycles. The fourth-order valence-electron chi connectivity index (χ4n) is 2.25. The van der Waals surface area contributed by atoms with E-state index in [1.807, 2.05) is 17.9 Å². The van der Waals surface area contributed by atoms with Gasteiger partial charge in [-0.1, -0.05) is 6.92 Å². The van der Waals surface area contributed by atoms with Crippen LogP contribution in [0.5, 0.6) is 0 Å². The quantitative estimate of drug-likeness (QED) is 0.811. The Labute approximate surface area is 111 Å². The third-order valence-electron chi connectivity index (χ3n) is 3.03. The molecule has 0 spiro atoms. The van der Waals surface area contributed by atoms with E-state index >= 15 is 0 Å². The molecule has 4 nitrogen and oxygen atoms in total. The molecule has 102 valence electrons. The van der Waals surface area contributed by atoms with E-state index in [9.17, 15) is 4.39 Å². The summed E-state index contributed by atoms with van der Waals surface area (Å²) < 4.78 is 14.2. The lowest BCUT2D eigenvalue weighted by Crippen LogP contribution is -2.28. The van der Waals surface area contributed by atoms with Gasteiger partial charge in [0.25, 0.3) is 0 Å². The molecule has 0 aliphatic heterocycles. The number of hydrogen-bond donors (Lipinski definition) is 2. The SMILES string of the molecule is CCCN(CCO)c1c(F)cc(N)c2cccnc12. The van der Waals surface area contributed by atoms with Crippen molar-refractivity contribution in [2.75, 3.05) is 30.3 Å². The van der Waals surface area contributed by atoms with Gasteiger partial charge >= 0.3 is 0 Å². The Bertz CT molecular complexity index is 568. The maximum atomic E-state index is 14.2. The van der Waals surface area contributed by atoms with Crippen molar-refractivity contribution in [3.63, 3.8) is 0 Å². The summed E-state index contributed by atoms with van der Waals surface area (Å²) in [6, 6.07) is 4.92. The van der Waals surface area contributed by atoms with Crippen LogP contribution in [-0.2, 0) is 0 Å². The van der Waals surface area contributed by atoms with Crippen molar-refractivity contribution in [2.24, 2.45) is 0 Å². The van der Waals surface area contributed by atoms with Crippen molar-refractivity contribution in [1.29, 1.82) is 0 Å². The molecular formula is C14H18FN3O. The van der Waals surface area contributed by atoms with Gasteiger partial charge in [-0.25, -0.2) is 4.39 Å². The standard InChI is InChI=1S/C14H18FN3O/c1-2-6-18(7-8-19)14-11(15)9-12(16)10-4-3-5-17-13(10)14/h3-5,9,19H,2,6-8,16H2,1H3. The number of hydrogen-bond acceptors (Lipinski definition) is 4. The van der Waals surface area contributed by atoms with Gasteiger partial charge in [0.2, 0.25) is 0 Å². The molecule has 19 heavy (non-hydrogen) atoms. The van der Waals surface area contributed by atoms with E-state index in [0.29, 0.717) is 30.0 Å². The fraction of sp³-hybridized carbons (Fsp3) is 0.357. The van der Waals surface area contributed by atoms with Crippen LogP contribution in [-0.4, -0.2) is 29.8 Å². The molecule has 2 aromatic rings. The number of halogens is 1. The number of nitrogen functional groups attached to an aromatic ring is 1.